The van der Waals surface area contributed by atoms with Gasteiger partial charge in [0, 0.05) is 30.6 Å². The first-order valence-corrected chi connectivity index (χ1v) is 6.82. The van der Waals surface area contributed by atoms with Gasteiger partial charge in [-0.25, -0.2) is 0 Å². The average Bonchev–Trinajstić information content (AvgIpc) is 2.48. The van der Waals surface area contributed by atoms with Gasteiger partial charge in [0.05, 0.1) is 0 Å². The molecular weight excluding hydrogens is 298 g/mol. The van der Waals surface area contributed by atoms with Crippen molar-refractivity contribution >= 4 is 23.5 Å². The monoisotopic (exact) mass is 312 g/mol. The van der Waals surface area contributed by atoms with Crippen molar-refractivity contribution in [3.05, 3.63) is 59.7 Å². The van der Waals surface area contributed by atoms with E-state index in [9.17, 15) is 19.5 Å². The summed E-state index contributed by atoms with van der Waals surface area (Å²) in [7, 11) is 0. The maximum atomic E-state index is 12.2. The van der Waals surface area contributed by atoms with Gasteiger partial charge in [0.15, 0.2) is 0 Å². The summed E-state index contributed by atoms with van der Waals surface area (Å²) in [5, 5.41) is 13.2. The first-order valence-electron chi connectivity index (χ1n) is 6.82. The summed E-state index contributed by atoms with van der Waals surface area (Å²) in [6.07, 6.45) is -0.182. The SMILES string of the molecule is CC(=O)Oc1cccc(C(=O)Nc2ccc(CC(=O)[O-])cc2)c1. The highest BCUT2D eigenvalue weighted by Gasteiger charge is 2.08. The Labute approximate surface area is 132 Å². The van der Waals surface area contributed by atoms with Gasteiger partial charge in [-0.1, -0.05) is 18.2 Å². The van der Waals surface area contributed by atoms with E-state index < -0.39 is 11.9 Å². The number of esters is 1. The standard InChI is InChI=1S/C17H15NO5/c1-11(19)23-15-4-2-3-13(10-15)17(22)18-14-7-5-12(6-8-14)9-16(20)21/h2-8,10H,9H2,1H3,(H,18,22)(H,20,21)/p-1. The second-order valence-corrected chi connectivity index (χ2v) is 4.82. The van der Waals surface area contributed by atoms with Crippen LogP contribution in [-0.4, -0.2) is 17.8 Å². The molecule has 0 atom stereocenters. The van der Waals surface area contributed by atoms with Crippen LogP contribution in [0.15, 0.2) is 48.5 Å². The van der Waals surface area contributed by atoms with Crippen LogP contribution in [-0.2, 0) is 16.0 Å². The Balaban J connectivity index is 2.06. The summed E-state index contributed by atoms with van der Waals surface area (Å²) in [6, 6.07) is 12.6. The predicted octanol–water partition coefficient (Wildman–Crippen LogP) is 1.16. The maximum Gasteiger partial charge on any atom is 0.308 e. The highest BCUT2D eigenvalue weighted by Crippen LogP contribution is 2.16. The maximum absolute atomic E-state index is 12.2. The zero-order valence-electron chi connectivity index (χ0n) is 12.4. The summed E-state index contributed by atoms with van der Waals surface area (Å²) >= 11 is 0. The number of carboxylic acids is 1. The van der Waals surface area contributed by atoms with E-state index >= 15 is 0 Å². The third kappa shape index (κ3) is 4.96. The fraction of sp³-hybridized carbons (Fsp3) is 0.118. The van der Waals surface area contributed by atoms with Crippen LogP contribution in [0.2, 0.25) is 0 Å². The van der Waals surface area contributed by atoms with Crippen molar-refractivity contribution in [3.63, 3.8) is 0 Å². The normalized spacial score (nSPS) is 9.96. The molecule has 0 radical (unpaired) electrons. The largest absolute Gasteiger partial charge is 0.550 e. The van der Waals surface area contributed by atoms with E-state index in [0.29, 0.717) is 16.8 Å². The highest BCUT2D eigenvalue weighted by molar-refractivity contribution is 6.04. The number of hydrogen-bond acceptors (Lipinski definition) is 5. The van der Waals surface area contributed by atoms with E-state index in [1.165, 1.54) is 13.0 Å². The minimum atomic E-state index is -1.16. The van der Waals surface area contributed by atoms with Crippen molar-refractivity contribution in [2.75, 3.05) is 5.32 Å². The molecule has 0 fully saturated rings. The molecule has 0 aliphatic rings. The molecule has 0 aromatic heterocycles. The number of aliphatic carboxylic acids is 1. The molecule has 0 saturated carbocycles. The molecule has 118 valence electrons. The molecule has 2 aromatic rings. The Hall–Kier alpha value is -3.15. The van der Waals surface area contributed by atoms with Crippen LogP contribution in [0.4, 0.5) is 5.69 Å². The molecule has 0 aliphatic heterocycles. The van der Waals surface area contributed by atoms with Gasteiger partial charge in [-0.3, -0.25) is 9.59 Å². The Kier molecular flexibility index (Phi) is 5.09. The zero-order chi connectivity index (χ0) is 16.8. The van der Waals surface area contributed by atoms with Gasteiger partial charge in [0.25, 0.3) is 5.91 Å². The van der Waals surface area contributed by atoms with Gasteiger partial charge in [0.2, 0.25) is 0 Å². The van der Waals surface area contributed by atoms with Crippen LogP contribution in [0.1, 0.15) is 22.8 Å². The van der Waals surface area contributed by atoms with Crippen LogP contribution in [0.25, 0.3) is 0 Å². The van der Waals surface area contributed by atoms with Crippen molar-refractivity contribution in [3.8, 4) is 5.75 Å². The van der Waals surface area contributed by atoms with Gasteiger partial charge in [-0.2, -0.15) is 0 Å². The van der Waals surface area contributed by atoms with Crippen LogP contribution in [0.3, 0.4) is 0 Å². The van der Waals surface area contributed by atoms with E-state index in [-0.39, 0.29) is 18.1 Å². The average molecular weight is 312 g/mol. The Morgan fingerprint density at radius 2 is 1.78 bits per heavy atom. The van der Waals surface area contributed by atoms with Gasteiger partial charge in [-0.05, 0) is 35.9 Å². The molecule has 0 unspecified atom stereocenters. The van der Waals surface area contributed by atoms with Gasteiger partial charge in [0.1, 0.15) is 5.75 Å². The van der Waals surface area contributed by atoms with Crippen molar-refractivity contribution < 1.29 is 24.2 Å². The molecule has 6 heteroatoms. The summed E-state index contributed by atoms with van der Waals surface area (Å²) in [4.78, 5) is 33.6. The first-order chi connectivity index (χ1) is 10.9. The van der Waals surface area contributed by atoms with Gasteiger partial charge >= 0.3 is 5.97 Å². The molecule has 1 N–H and O–H groups in total. The number of hydrogen-bond donors (Lipinski definition) is 1. The number of nitrogens with one attached hydrogen (secondary N) is 1. The van der Waals surface area contributed by atoms with E-state index in [4.69, 9.17) is 4.74 Å². The van der Waals surface area contributed by atoms with Crippen LogP contribution in [0.5, 0.6) is 5.75 Å². The lowest BCUT2D eigenvalue weighted by Crippen LogP contribution is -2.24. The summed E-state index contributed by atoms with van der Waals surface area (Å²) in [5.41, 5.74) is 1.44. The lowest BCUT2D eigenvalue weighted by Gasteiger charge is -2.08. The molecule has 0 aliphatic carbocycles. The van der Waals surface area contributed by atoms with E-state index in [2.05, 4.69) is 5.32 Å². The molecule has 0 saturated heterocycles. The fourth-order valence-corrected chi connectivity index (χ4v) is 1.94. The highest BCUT2D eigenvalue weighted by atomic mass is 16.5. The van der Waals surface area contributed by atoms with Crippen molar-refractivity contribution in [1.82, 2.24) is 0 Å². The van der Waals surface area contributed by atoms with E-state index in [0.717, 1.165) is 0 Å². The van der Waals surface area contributed by atoms with Crippen LogP contribution in [0, 0.1) is 0 Å². The van der Waals surface area contributed by atoms with Crippen LogP contribution < -0.4 is 15.2 Å². The lowest BCUT2D eigenvalue weighted by molar-refractivity contribution is -0.304. The number of rotatable bonds is 5. The second kappa shape index (κ2) is 7.22. The van der Waals surface area contributed by atoms with Crippen molar-refractivity contribution in [1.29, 1.82) is 0 Å². The fourth-order valence-electron chi connectivity index (χ4n) is 1.94. The molecule has 2 aromatic carbocycles. The molecule has 0 spiro atoms. The molecule has 1 amide bonds. The second-order valence-electron chi connectivity index (χ2n) is 4.82. The number of carbonyl (C=O) groups is 3. The zero-order valence-corrected chi connectivity index (χ0v) is 12.4. The third-order valence-electron chi connectivity index (χ3n) is 2.92. The molecule has 23 heavy (non-hydrogen) atoms. The smallest absolute Gasteiger partial charge is 0.308 e. The number of amides is 1. The third-order valence-corrected chi connectivity index (χ3v) is 2.92. The summed E-state index contributed by atoms with van der Waals surface area (Å²) in [6.45, 7) is 1.28. The predicted molar refractivity (Wildman–Crippen MR) is 80.9 cm³/mol. The minimum Gasteiger partial charge on any atom is -0.550 e. The van der Waals surface area contributed by atoms with Gasteiger partial charge in [-0.15, -0.1) is 0 Å². The number of ether oxygens (including phenoxy) is 1. The number of carboxylic acid groups (broad SMARTS) is 1. The molecule has 6 nitrogen and oxygen atoms in total. The Morgan fingerprint density at radius 1 is 1.09 bits per heavy atom. The minimum absolute atomic E-state index is 0.182. The number of anilines is 1. The number of benzene rings is 2. The summed E-state index contributed by atoms with van der Waals surface area (Å²) in [5.74, 6) is -1.71. The molecular formula is C17H14NO5-. The van der Waals surface area contributed by atoms with Gasteiger partial charge < -0.3 is 20.0 Å². The quantitative estimate of drug-likeness (QED) is 0.660. The Bertz CT molecular complexity index is 737. The van der Waals surface area contributed by atoms with Crippen molar-refractivity contribution in [2.45, 2.75) is 13.3 Å². The first kappa shape index (κ1) is 16.2. The summed E-state index contributed by atoms with van der Waals surface area (Å²) < 4.78 is 4.93. The topological polar surface area (TPSA) is 95.5 Å². The molecule has 0 heterocycles. The molecule has 0 bridgehead atoms. The van der Waals surface area contributed by atoms with Crippen LogP contribution >= 0.6 is 0 Å². The lowest BCUT2D eigenvalue weighted by atomic mass is 10.1. The molecule has 2 rings (SSSR count). The van der Waals surface area contributed by atoms with Crippen molar-refractivity contribution in [2.24, 2.45) is 0 Å². The van der Waals surface area contributed by atoms with E-state index in [1.807, 2.05) is 0 Å². The number of carbonyl (C=O) groups excluding carboxylic acids is 3. The van der Waals surface area contributed by atoms with E-state index in [1.54, 1.807) is 42.5 Å². The Morgan fingerprint density at radius 3 is 2.39 bits per heavy atom.